The van der Waals surface area contributed by atoms with Crippen LogP contribution in [0.25, 0.3) is 0 Å². The number of sulfonamides is 1. The standard InChI is InChI=1S/C22H26N4O4S2/c1-25(2)32(28,29)17-8-9-20(26-11-13-30-14-12-26)18(16-17)22(27)24-19-6-3-4-7-21(19)31-15-5-10-23/h3-4,6-9,16H,5,11-15H2,1-2H3,(H,24,27). The molecule has 0 saturated carbocycles. The molecule has 3 rings (SSSR count). The molecule has 1 heterocycles. The Balaban J connectivity index is 1.97. The summed E-state index contributed by atoms with van der Waals surface area (Å²) in [5, 5.41) is 11.7. The normalized spacial score (nSPS) is 14.2. The van der Waals surface area contributed by atoms with E-state index in [0.29, 0.717) is 49.9 Å². The van der Waals surface area contributed by atoms with Crippen LogP contribution in [0, 0.1) is 11.3 Å². The first-order chi connectivity index (χ1) is 15.3. The highest BCUT2D eigenvalue weighted by Gasteiger charge is 2.24. The van der Waals surface area contributed by atoms with Crippen molar-refractivity contribution in [3.8, 4) is 6.07 Å². The summed E-state index contributed by atoms with van der Waals surface area (Å²) in [5.74, 6) is 0.217. The Morgan fingerprint density at radius 3 is 2.62 bits per heavy atom. The quantitative estimate of drug-likeness (QED) is 0.463. The number of morpholine rings is 1. The summed E-state index contributed by atoms with van der Waals surface area (Å²) in [4.78, 5) is 16.3. The lowest BCUT2D eigenvalue weighted by Crippen LogP contribution is -2.37. The molecule has 0 unspecified atom stereocenters. The number of nitrogens with one attached hydrogen (secondary N) is 1. The third-order valence-electron chi connectivity index (χ3n) is 4.95. The van der Waals surface area contributed by atoms with Gasteiger partial charge in [-0.3, -0.25) is 4.79 Å². The minimum absolute atomic E-state index is 0.0568. The van der Waals surface area contributed by atoms with Crippen LogP contribution >= 0.6 is 11.8 Å². The van der Waals surface area contributed by atoms with Gasteiger partial charge >= 0.3 is 0 Å². The van der Waals surface area contributed by atoms with Crippen molar-refractivity contribution in [2.24, 2.45) is 0 Å². The van der Waals surface area contributed by atoms with Crippen molar-refractivity contribution in [1.29, 1.82) is 5.26 Å². The molecule has 0 aliphatic carbocycles. The van der Waals surface area contributed by atoms with Gasteiger partial charge in [-0.15, -0.1) is 11.8 Å². The van der Waals surface area contributed by atoms with Gasteiger partial charge in [-0.25, -0.2) is 12.7 Å². The molecule has 2 aromatic rings. The largest absolute Gasteiger partial charge is 0.378 e. The van der Waals surface area contributed by atoms with E-state index < -0.39 is 15.9 Å². The molecule has 0 radical (unpaired) electrons. The van der Waals surface area contributed by atoms with Gasteiger partial charge < -0.3 is 15.0 Å². The van der Waals surface area contributed by atoms with Gasteiger partial charge in [-0.05, 0) is 30.3 Å². The SMILES string of the molecule is CN(C)S(=O)(=O)c1ccc(N2CCOCC2)c(C(=O)Nc2ccccc2SCCC#N)c1. The number of hydrogen-bond donors (Lipinski definition) is 1. The first kappa shape index (κ1) is 24.1. The Hall–Kier alpha value is -2.58. The molecule has 1 fully saturated rings. The highest BCUT2D eigenvalue weighted by Crippen LogP contribution is 2.30. The van der Waals surface area contributed by atoms with Crippen LogP contribution in [0.3, 0.4) is 0 Å². The van der Waals surface area contributed by atoms with Crippen molar-refractivity contribution in [2.45, 2.75) is 16.2 Å². The van der Waals surface area contributed by atoms with Gasteiger partial charge in [-0.2, -0.15) is 5.26 Å². The summed E-state index contributed by atoms with van der Waals surface area (Å²) in [5.41, 5.74) is 1.57. The molecule has 170 valence electrons. The average Bonchev–Trinajstić information content (AvgIpc) is 2.80. The monoisotopic (exact) mass is 474 g/mol. The molecule has 8 nitrogen and oxygen atoms in total. The van der Waals surface area contributed by atoms with E-state index in [2.05, 4.69) is 11.4 Å². The van der Waals surface area contributed by atoms with Gasteiger partial charge in [0.05, 0.1) is 35.4 Å². The maximum atomic E-state index is 13.4. The number of thioether (sulfide) groups is 1. The van der Waals surface area contributed by atoms with Crippen LogP contribution in [-0.4, -0.2) is 64.8 Å². The molecule has 1 aliphatic rings. The molecular weight excluding hydrogens is 448 g/mol. The minimum atomic E-state index is -3.70. The molecular formula is C22H26N4O4S2. The van der Waals surface area contributed by atoms with Gasteiger partial charge in [0.25, 0.3) is 5.91 Å². The number of amides is 1. The van der Waals surface area contributed by atoms with Gasteiger partial charge in [0.2, 0.25) is 10.0 Å². The number of nitrogens with zero attached hydrogens (tertiary/aromatic N) is 3. The van der Waals surface area contributed by atoms with Gasteiger partial charge in [0, 0.05) is 49.9 Å². The topological polar surface area (TPSA) is 103 Å². The Kier molecular flexibility index (Phi) is 8.15. The average molecular weight is 475 g/mol. The van der Waals surface area contributed by atoms with E-state index in [1.807, 2.05) is 23.1 Å². The molecule has 0 bridgehead atoms. The van der Waals surface area contributed by atoms with Crippen LogP contribution < -0.4 is 10.2 Å². The number of anilines is 2. The first-order valence-electron chi connectivity index (χ1n) is 10.1. The number of ether oxygens (including phenoxy) is 1. The van der Waals surface area contributed by atoms with E-state index in [0.717, 1.165) is 9.20 Å². The summed E-state index contributed by atoms with van der Waals surface area (Å²) >= 11 is 1.49. The van der Waals surface area contributed by atoms with Crippen molar-refractivity contribution in [2.75, 3.05) is 56.4 Å². The molecule has 0 atom stereocenters. The van der Waals surface area contributed by atoms with E-state index in [-0.39, 0.29) is 10.5 Å². The van der Waals surface area contributed by atoms with Crippen LogP contribution in [0.2, 0.25) is 0 Å². The molecule has 32 heavy (non-hydrogen) atoms. The zero-order valence-corrected chi connectivity index (χ0v) is 19.7. The van der Waals surface area contributed by atoms with Crippen molar-refractivity contribution < 1.29 is 17.9 Å². The molecule has 1 aliphatic heterocycles. The van der Waals surface area contributed by atoms with E-state index in [4.69, 9.17) is 10.00 Å². The van der Waals surface area contributed by atoms with E-state index in [1.54, 1.807) is 12.1 Å². The fourth-order valence-corrected chi connectivity index (χ4v) is 5.03. The zero-order valence-electron chi connectivity index (χ0n) is 18.1. The molecule has 10 heteroatoms. The fraction of sp³-hybridized carbons (Fsp3) is 0.364. The Bertz CT molecular complexity index is 1110. The maximum Gasteiger partial charge on any atom is 0.257 e. The predicted octanol–water partition coefficient (Wildman–Crippen LogP) is 3.03. The molecule has 1 saturated heterocycles. The summed E-state index contributed by atoms with van der Waals surface area (Å²) in [6.45, 7) is 2.30. The number of para-hydroxylation sites is 1. The second kappa shape index (κ2) is 10.8. The fourth-order valence-electron chi connectivity index (χ4n) is 3.24. The van der Waals surface area contributed by atoms with Crippen LogP contribution in [-0.2, 0) is 14.8 Å². The van der Waals surface area contributed by atoms with Crippen molar-refractivity contribution in [3.05, 3.63) is 48.0 Å². The van der Waals surface area contributed by atoms with E-state index >= 15 is 0 Å². The smallest absolute Gasteiger partial charge is 0.257 e. The number of benzene rings is 2. The lowest BCUT2D eigenvalue weighted by atomic mass is 10.1. The maximum absolute atomic E-state index is 13.4. The van der Waals surface area contributed by atoms with Crippen LogP contribution in [0.1, 0.15) is 16.8 Å². The highest BCUT2D eigenvalue weighted by atomic mass is 32.2. The minimum Gasteiger partial charge on any atom is -0.378 e. The molecule has 1 N–H and O–H groups in total. The third kappa shape index (κ3) is 5.61. The lowest BCUT2D eigenvalue weighted by molar-refractivity contribution is 0.102. The Morgan fingerprint density at radius 2 is 1.94 bits per heavy atom. The van der Waals surface area contributed by atoms with Gasteiger partial charge in [0.1, 0.15) is 0 Å². The highest BCUT2D eigenvalue weighted by molar-refractivity contribution is 7.99. The second-order valence-electron chi connectivity index (χ2n) is 7.27. The summed E-state index contributed by atoms with van der Waals surface area (Å²) in [6, 6.07) is 14.1. The lowest BCUT2D eigenvalue weighted by Gasteiger charge is -2.30. The number of rotatable bonds is 8. The number of carbonyl (C=O) groups excluding carboxylic acids is 1. The summed E-state index contributed by atoms with van der Waals surface area (Å²) in [6.07, 6.45) is 0.401. The second-order valence-corrected chi connectivity index (χ2v) is 10.6. The predicted molar refractivity (Wildman–Crippen MR) is 126 cm³/mol. The number of hydrogen-bond acceptors (Lipinski definition) is 7. The molecule has 0 spiro atoms. The molecule has 0 aromatic heterocycles. The van der Waals surface area contributed by atoms with Crippen LogP contribution in [0.5, 0.6) is 0 Å². The first-order valence-corrected chi connectivity index (χ1v) is 12.6. The third-order valence-corrected chi connectivity index (χ3v) is 7.84. The van der Waals surface area contributed by atoms with Crippen molar-refractivity contribution >= 4 is 39.1 Å². The molecule has 2 aromatic carbocycles. The molecule has 1 amide bonds. The van der Waals surface area contributed by atoms with Gasteiger partial charge in [-0.1, -0.05) is 12.1 Å². The number of nitriles is 1. The van der Waals surface area contributed by atoms with E-state index in [1.165, 1.54) is 38.0 Å². The zero-order chi connectivity index (χ0) is 23.1. The van der Waals surface area contributed by atoms with Crippen LogP contribution in [0.15, 0.2) is 52.3 Å². The Labute approximate surface area is 193 Å². The summed E-state index contributed by atoms with van der Waals surface area (Å²) < 4.78 is 31.9. The van der Waals surface area contributed by atoms with Crippen LogP contribution in [0.4, 0.5) is 11.4 Å². The van der Waals surface area contributed by atoms with Gasteiger partial charge in [0.15, 0.2) is 0 Å². The summed E-state index contributed by atoms with van der Waals surface area (Å²) in [7, 11) is -0.785. The number of carbonyl (C=O) groups is 1. The van der Waals surface area contributed by atoms with Crippen molar-refractivity contribution in [1.82, 2.24) is 4.31 Å². The Morgan fingerprint density at radius 1 is 1.22 bits per heavy atom. The van der Waals surface area contributed by atoms with E-state index in [9.17, 15) is 13.2 Å². The van der Waals surface area contributed by atoms with Crippen molar-refractivity contribution in [3.63, 3.8) is 0 Å².